The van der Waals surface area contributed by atoms with E-state index in [-0.39, 0.29) is 40.6 Å². The molecule has 1 aromatic rings. The van der Waals surface area contributed by atoms with Crippen molar-refractivity contribution in [2.75, 3.05) is 26.7 Å². The predicted octanol–water partition coefficient (Wildman–Crippen LogP) is 1.71. The molecule has 2 N–H and O–H groups in total. The Hall–Kier alpha value is -2.52. The van der Waals surface area contributed by atoms with Gasteiger partial charge in [0.15, 0.2) is 0 Å². The van der Waals surface area contributed by atoms with Gasteiger partial charge in [0.05, 0.1) is 11.0 Å². The van der Waals surface area contributed by atoms with E-state index in [4.69, 9.17) is 0 Å². The summed E-state index contributed by atoms with van der Waals surface area (Å²) >= 11 is 0. The van der Waals surface area contributed by atoms with E-state index in [1.54, 1.807) is 26.1 Å². The molecule has 0 unspecified atom stereocenters. The SMILES string of the molecule is CN[C@@H](C)C(=O)N[C@H]1CCC[C@H]2C[C@H]3CCN(CCc4ccc([N+](=O)[O-])cc4)C[C@H]3N2C1=O. The van der Waals surface area contributed by atoms with Gasteiger partial charge in [-0.15, -0.1) is 0 Å². The Morgan fingerprint density at radius 1 is 1.24 bits per heavy atom. The van der Waals surface area contributed by atoms with Gasteiger partial charge in [-0.2, -0.15) is 0 Å². The van der Waals surface area contributed by atoms with Crippen molar-refractivity contribution in [1.82, 2.24) is 20.4 Å². The number of nitrogens with one attached hydrogen (secondary N) is 2. The summed E-state index contributed by atoms with van der Waals surface area (Å²) in [6.07, 6.45) is 5.65. The number of nitro groups is 1. The zero-order chi connectivity index (χ0) is 23.5. The molecule has 3 heterocycles. The number of likely N-dealkylation sites (N-methyl/N-ethyl adjacent to an activating group) is 1. The minimum atomic E-state index is -0.437. The fourth-order valence-corrected chi connectivity index (χ4v) is 5.67. The molecule has 4 rings (SSSR count). The van der Waals surface area contributed by atoms with E-state index >= 15 is 0 Å². The second-order valence-corrected chi connectivity index (χ2v) is 9.73. The number of amides is 2. The standard InChI is InChI=1S/C24H35N5O4/c1-16(25-2)23(30)26-21-5-3-4-20-14-18-11-13-27(15-22(18)28(20)24(21)31)12-10-17-6-8-19(9-7-17)29(32)33/h6-9,16,18,20-22,25H,3-5,10-15H2,1-2H3,(H,26,30)/t16-,18+,20-,21-,22+/m0/s1. The monoisotopic (exact) mass is 457 g/mol. The average Bonchev–Trinajstić information content (AvgIpc) is 3.11. The van der Waals surface area contributed by atoms with Crippen molar-refractivity contribution >= 4 is 17.5 Å². The third-order valence-electron chi connectivity index (χ3n) is 7.72. The second kappa shape index (κ2) is 10.2. The van der Waals surface area contributed by atoms with Gasteiger partial charge in [0, 0.05) is 37.3 Å². The number of benzene rings is 1. The minimum absolute atomic E-state index is 0.0823. The molecular weight excluding hydrogens is 422 g/mol. The van der Waals surface area contributed by atoms with E-state index in [2.05, 4.69) is 20.4 Å². The van der Waals surface area contributed by atoms with E-state index in [0.29, 0.717) is 12.3 Å². The summed E-state index contributed by atoms with van der Waals surface area (Å²) in [4.78, 5) is 40.9. The maximum absolute atomic E-state index is 13.5. The maximum atomic E-state index is 13.5. The molecule has 3 saturated heterocycles. The smallest absolute Gasteiger partial charge is 0.269 e. The molecule has 0 spiro atoms. The van der Waals surface area contributed by atoms with E-state index < -0.39 is 6.04 Å². The Balaban J connectivity index is 1.38. The first-order chi connectivity index (χ1) is 15.9. The van der Waals surface area contributed by atoms with Crippen LogP contribution in [0, 0.1) is 16.0 Å². The first-order valence-electron chi connectivity index (χ1n) is 12.1. The van der Waals surface area contributed by atoms with Crippen LogP contribution < -0.4 is 10.6 Å². The van der Waals surface area contributed by atoms with Crippen molar-refractivity contribution in [1.29, 1.82) is 0 Å². The number of nitrogens with zero attached hydrogens (tertiary/aromatic N) is 3. The number of non-ortho nitro benzene ring substituents is 1. The molecule has 5 atom stereocenters. The van der Waals surface area contributed by atoms with Crippen molar-refractivity contribution in [2.45, 2.75) is 69.6 Å². The first-order valence-corrected chi connectivity index (χ1v) is 12.1. The quantitative estimate of drug-likeness (QED) is 0.477. The van der Waals surface area contributed by atoms with Gasteiger partial charge in [0.25, 0.3) is 5.69 Å². The van der Waals surface area contributed by atoms with E-state index in [0.717, 1.165) is 57.3 Å². The first kappa shape index (κ1) is 23.6. The zero-order valence-corrected chi connectivity index (χ0v) is 19.5. The summed E-state index contributed by atoms with van der Waals surface area (Å²) in [5, 5.41) is 16.8. The van der Waals surface area contributed by atoms with Gasteiger partial charge in [0.2, 0.25) is 11.8 Å². The normalized spacial score (nSPS) is 28.5. The van der Waals surface area contributed by atoms with Gasteiger partial charge in [-0.25, -0.2) is 0 Å². The average molecular weight is 458 g/mol. The van der Waals surface area contributed by atoms with Crippen molar-refractivity contribution in [2.24, 2.45) is 5.92 Å². The Morgan fingerprint density at radius 3 is 2.70 bits per heavy atom. The van der Waals surface area contributed by atoms with Crippen LogP contribution in [-0.2, 0) is 16.0 Å². The lowest BCUT2D eigenvalue weighted by Crippen LogP contribution is -2.57. The van der Waals surface area contributed by atoms with E-state index in [1.807, 2.05) is 12.1 Å². The van der Waals surface area contributed by atoms with Crippen LogP contribution in [-0.4, -0.2) is 77.4 Å². The van der Waals surface area contributed by atoms with Crippen molar-refractivity contribution < 1.29 is 14.5 Å². The molecule has 0 bridgehead atoms. The van der Waals surface area contributed by atoms with Crippen LogP contribution in [0.2, 0.25) is 0 Å². The molecule has 9 heteroatoms. The zero-order valence-electron chi connectivity index (χ0n) is 19.5. The summed E-state index contributed by atoms with van der Waals surface area (Å²) in [5.41, 5.74) is 1.20. The van der Waals surface area contributed by atoms with E-state index in [1.165, 1.54) is 0 Å². The number of hydrogen-bond acceptors (Lipinski definition) is 6. The molecule has 9 nitrogen and oxygen atoms in total. The van der Waals surface area contributed by atoms with E-state index in [9.17, 15) is 19.7 Å². The van der Waals surface area contributed by atoms with Crippen LogP contribution in [0.15, 0.2) is 24.3 Å². The summed E-state index contributed by atoms with van der Waals surface area (Å²) in [7, 11) is 1.74. The second-order valence-electron chi connectivity index (χ2n) is 9.73. The number of fused-ring (bicyclic) bond motifs is 3. The summed E-state index contributed by atoms with van der Waals surface area (Å²) < 4.78 is 0. The fraction of sp³-hybridized carbons (Fsp3) is 0.667. The minimum Gasteiger partial charge on any atom is -0.343 e. The predicted molar refractivity (Wildman–Crippen MR) is 125 cm³/mol. The molecule has 1 aromatic carbocycles. The van der Waals surface area contributed by atoms with Crippen LogP contribution in [0.5, 0.6) is 0 Å². The molecule has 2 amide bonds. The number of nitro benzene ring substituents is 1. The number of hydrogen-bond donors (Lipinski definition) is 2. The van der Waals surface area contributed by atoms with Crippen LogP contribution in [0.25, 0.3) is 0 Å². The van der Waals surface area contributed by atoms with Crippen molar-refractivity contribution in [3.05, 3.63) is 39.9 Å². The molecule has 0 radical (unpaired) electrons. The maximum Gasteiger partial charge on any atom is 0.269 e. The molecule has 3 fully saturated rings. The van der Waals surface area contributed by atoms with Crippen molar-refractivity contribution in [3.63, 3.8) is 0 Å². The highest BCUT2D eigenvalue weighted by Gasteiger charge is 2.48. The van der Waals surface area contributed by atoms with Gasteiger partial charge in [-0.1, -0.05) is 12.1 Å². The van der Waals surface area contributed by atoms with Crippen LogP contribution >= 0.6 is 0 Å². The van der Waals surface area contributed by atoms with Crippen LogP contribution in [0.3, 0.4) is 0 Å². The lowest BCUT2D eigenvalue weighted by Gasteiger charge is -2.40. The molecule has 0 aliphatic carbocycles. The van der Waals surface area contributed by atoms with Gasteiger partial charge < -0.3 is 20.4 Å². The van der Waals surface area contributed by atoms with Crippen LogP contribution in [0.4, 0.5) is 5.69 Å². The topological polar surface area (TPSA) is 108 Å². The number of likely N-dealkylation sites (tertiary alicyclic amines) is 1. The molecule has 0 saturated carbocycles. The number of carbonyl (C=O) groups excluding carboxylic acids is 2. The van der Waals surface area contributed by atoms with Crippen molar-refractivity contribution in [3.8, 4) is 0 Å². The molecule has 3 aliphatic rings. The third-order valence-corrected chi connectivity index (χ3v) is 7.72. The fourth-order valence-electron chi connectivity index (χ4n) is 5.67. The number of carbonyl (C=O) groups is 2. The largest absolute Gasteiger partial charge is 0.343 e. The molecule has 180 valence electrons. The molecule has 3 aliphatic heterocycles. The molecule has 33 heavy (non-hydrogen) atoms. The summed E-state index contributed by atoms with van der Waals surface area (Å²) in [6.45, 7) is 4.54. The highest BCUT2D eigenvalue weighted by atomic mass is 16.6. The molecule has 0 aromatic heterocycles. The summed E-state index contributed by atoms with van der Waals surface area (Å²) in [6, 6.07) is 6.49. The van der Waals surface area contributed by atoms with Gasteiger partial charge >= 0.3 is 0 Å². The highest BCUT2D eigenvalue weighted by molar-refractivity contribution is 5.90. The highest BCUT2D eigenvalue weighted by Crippen LogP contribution is 2.39. The Bertz CT molecular complexity index is 876. The number of piperidine rings is 1. The lowest BCUT2D eigenvalue weighted by atomic mass is 9.90. The van der Waals surface area contributed by atoms with Crippen LogP contribution in [0.1, 0.15) is 44.6 Å². The Kier molecular flexibility index (Phi) is 7.29. The third kappa shape index (κ3) is 5.19. The lowest BCUT2D eigenvalue weighted by molar-refractivity contribution is -0.384. The van der Waals surface area contributed by atoms with Gasteiger partial charge in [-0.3, -0.25) is 19.7 Å². The van der Waals surface area contributed by atoms with Gasteiger partial charge in [0.1, 0.15) is 6.04 Å². The molecular formula is C24H35N5O4. The number of rotatable bonds is 7. The van der Waals surface area contributed by atoms with Gasteiger partial charge in [-0.05, 0) is 70.5 Å². The summed E-state index contributed by atoms with van der Waals surface area (Å²) in [5.74, 6) is 0.484. The Morgan fingerprint density at radius 2 is 2.00 bits per heavy atom. The Labute approximate surface area is 195 Å².